The maximum Gasteiger partial charge on any atom is 0.315 e. The number of carbonyl (C=O) groups is 2. The van der Waals surface area contributed by atoms with Crippen LogP contribution in [-0.2, 0) is 6.54 Å². The minimum absolute atomic E-state index is 0.0868. The van der Waals surface area contributed by atoms with Crippen LogP contribution in [0.15, 0.2) is 48.5 Å². The third-order valence-corrected chi connectivity index (χ3v) is 4.06. The quantitative estimate of drug-likeness (QED) is 0.715. The van der Waals surface area contributed by atoms with Gasteiger partial charge >= 0.3 is 6.03 Å². The molecule has 0 aliphatic rings. The van der Waals surface area contributed by atoms with Gasteiger partial charge in [0.25, 0.3) is 5.91 Å². The smallest absolute Gasteiger partial charge is 0.315 e. The van der Waals surface area contributed by atoms with Gasteiger partial charge in [0.15, 0.2) is 0 Å². The van der Waals surface area contributed by atoms with Crippen molar-refractivity contribution in [2.45, 2.75) is 39.4 Å². The fourth-order valence-corrected chi connectivity index (χ4v) is 2.51. The molecule has 0 aromatic heterocycles. The number of halogens is 1. The first-order valence-corrected chi connectivity index (χ1v) is 8.92. The molecule has 2 aromatic carbocycles. The van der Waals surface area contributed by atoms with Crippen LogP contribution in [0.3, 0.4) is 0 Å². The van der Waals surface area contributed by atoms with Crippen molar-refractivity contribution in [2.24, 2.45) is 0 Å². The summed E-state index contributed by atoms with van der Waals surface area (Å²) in [4.78, 5) is 24.0. The summed E-state index contributed by atoms with van der Waals surface area (Å²) < 4.78 is 0. The third-order valence-electron chi connectivity index (χ3n) is 3.81. The number of nitrogens with one attached hydrogen (secondary N) is 3. The van der Waals surface area contributed by atoms with E-state index >= 15 is 0 Å². The molecular weight excluding hydrogens is 350 g/mol. The van der Waals surface area contributed by atoms with Crippen molar-refractivity contribution in [2.75, 3.05) is 0 Å². The maximum absolute atomic E-state index is 12.4. The molecule has 0 unspecified atom stereocenters. The third kappa shape index (κ3) is 6.08. The summed E-state index contributed by atoms with van der Waals surface area (Å²) in [7, 11) is 0. The Morgan fingerprint density at radius 3 is 2.12 bits per heavy atom. The molecular formula is C20H24ClN3O2. The predicted octanol–water partition coefficient (Wildman–Crippen LogP) is 4.04. The Morgan fingerprint density at radius 2 is 1.54 bits per heavy atom. The van der Waals surface area contributed by atoms with Crippen molar-refractivity contribution in [3.8, 4) is 0 Å². The zero-order chi connectivity index (χ0) is 19.1. The van der Waals surface area contributed by atoms with Crippen LogP contribution in [0.4, 0.5) is 4.79 Å². The van der Waals surface area contributed by atoms with Crippen LogP contribution in [0.5, 0.6) is 0 Å². The summed E-state index contributed by atoms with van der Waals surface area (Å²) in [5.41, 5.74) is 2.48. The van der Waals surface area contributed by atoms with Gasteiger partial charge in [-0.3, -0.25) is 4.79 Å². The number of urea groups is 1. The van der Waals surface area contributed by atoms with E-state index in [1.54, 1.807) is 24.3 Å². The molecule has 0 aliphatic heterocycles. The SMILES string of the molecule is CC(C)NC(=O)NCc1ccc(C(=O)N[C@@H](C)c2ccc(Cl)cc2)cc1. The van der Waals surface area contributed by atoms with E-state index in [2.05, 4.69) is 16.0 Å². The Labute approximate surface area is 159 Å². The molecule has 0 radical (unpaired) electrons. The second-order valence-electron chi connectivity index (χ2n) is 6.43. The average molecular weight is 374 g/mol. The van der Waals surface area contributed by atoms with Gasteiger partial charge in [-0.25, -0.2) is 4.79 Å². The molecule has 0 spiro atoms. The standard InChI is InChI=1S/C20H24ClN3O2/c1-13(2)23-20(26)22-12-15-4-6-17(7-5-15)19(25)24-14(3)16-8-10-18(21)11-9-16/h4-11,13-14H,12H2,1-3H3,(H,24,25)(H2,22,23,26)/t14-/m0/s1. The number of hydrogen-bond acceptors (Lipinski definition) is 2. The van der Waals surface area contributed by atoms with E-state index in [4.69, 9.17) is 11.6 Å². The van der Waals surface area contributed by atoms with Gasteiger partial charge in [-0.05, 0) is 56.2 Å². The number of rotatable bonds is 6. The second kappa shape index (κ2) is 9.25. The van der Waals surface area contributed by atoms with Gasteiger partial charge in [0.05, 0.1) is 6.04 Å². The first-order chi connectivity index (χ1) is 12.3. The van der Waals surface area contributed by atoms with E-state index in [1.165, 1.54) is 0 Å². The highest BCUT2D eigenvalue weighted by Crippen LogP contribution is 2.16. The van der Waals surface area contributed by atoms with Gasteiger partial charge in [0, 0.05) is 23.2 Å². The summed E-state index contributed by atoms with van der Waals surface area (Å²) in [6, 6.07) is 14.3. The second-order valence-corrected chi connectivity index (χ2v) is 6.86. The molecule has 0 fully saturated rings. The Hall–Kier alpha value is -2.53. The largest absolute Gasteiger partial charge is 0.346 e. The number of carbonyl (C=O) groups excluding carboxylic acids is 2. The predicted molar refractivity (Wildman–Crippen MR) is 104 cm³/mol. The van der Waals surface area contributed by atoms with Crippen LogP contribution >= 0.6 is 11.6 Å². The zero-order valence-corrected chi connectivity index (χ0v) is 15.9. The zero-order valence-electron chi connectivity index (χ0n) is 15.2. The summed E-state index contributed by atoms with van der Waals surface area (Å²) >= 11 is 5.89. The van der Waals surface area contributed by atoms with Gasteiger partial charge < -0.3 is 16.0 Å². The molecule has 0 bridgehead atoms. The number of hydrogen-bond donors (Lipinski definition) is 3. The van der Waals surface area contributed by atoms with E-state index in [0.717, 1.165) is 11.1 Å². The lowest BCUT2D eigenvalue weighted by Gasteiger charge is -2.15. The fraction of sp³-hybridized carbons (Fsp3) is 0.300. The average Bonchev–Trinajstić information content (AvgIpc) is 2.60. The first kappa shape index (κ1) is 19.8. The Kier molecular flexibility index (Phi) is 7.04. The van der Waals surface area contributed by atoms with Crippen LogP contribution < -0.4 is 16.0 Å². The van der Waals surface area contributed by atoms with E-state index in [1.807, 2.05) is 45.0 Å². The van der Waals surface area contributed by atoms with Gasteiger partial charge in [0.1, 0.15) is 0 Å². The molecule has 0 saturated carbocycles. The first-order valence-electron chi connectivity index (χ1n) is 8.55. The molecule has 1 atom stereocenters. The number of amides is 3. The lowest BCUT2D eigenvalue weighted by molar-refractivity contribution is 0.0940. The van der Waals surface area contributed by atoms with Crippen molar-refractivity contribution in [3.63, 3.8) is 0 Å². The highest BCUT2D eigenvalue weighted by Gasteiger charge is 2.11. The van der Waals surface area contributed by atoms with Crippen LogP contribution in [-0.4, -0.2) is 18.0 Å². The molecule has 138 valence electrons. The van der Waals surface area contributed by atoms with Crippen LogP contribution in [0.1, 0.15) is 48.3 Å². The fourth-order valence-electron chi connectivity index (χ4n) is 2.38. The van der Waals surface area contributed by atoms with Gasteiger partial charge in [0.2, 0.25) is 0 Å². The highest BCUT2D eigenvalue weighted by atomic mass is 35.5. The maximum atomic E-state index is 12.4. The molecule has 0 saturated heterocycles. The van der Waals surface area contributed by atoms with Gasteiger partial charge in [-0.1, -0.05) is 35.9 Å². The summed E-state index contributed by atoms with van der Waals surface area (Å²) in [6.45, 7) is 6.13. The minimum atomic E-state index is -0.210. The van der Waals surface area contributed by atoms with Gasteiger partial charge in [-0.2, -0.15) is 0 Å². The van der Waals surface area contributed by atoms with Gasteiger partial charge in [-0.15, -0.1) is 0 Å². The molecule has 5 nitrogen and oxygen atoms in total. The molecule has 3 N–H and O–H groups in total. The topological polar surface area (TPSA) is 70.2 Å². The normalized spacial score (nSPS) is 11.7. The van der Waals surface area contributed by atoms with Crippen LogP contribution in [0.2, 0.25) is 5.02 Å². The van der Waals surface area contributed by atoms with Crippen molar-refractivity contribution >= 4 is 23.5 Å². The van der Waals surface area contributed by atoms with E-state index in [-0.39, 0.29) is 24.0 Å². The monoisotopic (exact) mass is 373 g/mol. The van der Waals surface area contributed by atoms with Crippen molar-refractivity contribution in [1.29, 1.82) is 0 Å². The highest BCUT2D eigenvalue weighted by molar-refractivity contribution is 6.30. The summed E-state index contributed by atoms with van der Waals surface area (Å²) in [5, 5.41) is 9.16. The minimum Gasteiger partial charge on any atom is -0.346 e. The molecule has 2 aromatic rings. The molecule has 0 heterocycles. The van der Waals surface area contributed by atoms with E-state index < -0.39 is 0 Å². The Balaban J connectivity index is 1.89. The van der Waals surface area contributed by atoms with E-state index in [9.17, 15) is 9.59 Å². The Bertz CT molecular complexity index is 743. The lowest BCUT2D eigenvalue weighted by atomic mass is 10.1. The summed E-state index contributed by atoms with van der Waals surface area (Å²) in [6.07, 6.45) is 0. The van der Waals surface area contributed by atoms with E-state index in [0.29, 0.717) is 17.1 Å². The molecule has 6 heteroatoms. The molecule has 0 aliphatic carbocycles. The summed E-state index contributed by atoms with van der Waals surface area (Å²) in [5.74, 6) is -0.149. The van der Waals surface area contributed by atoms with Crippen LogP contribution in [0.25, 0.3) is 0 Å². The lowest BCUT2D eigenvalue weighted by Crippen LogP contribution is -2.39. The van der Waals surface area contributed by atoms with Crippen LogP contribution in [0, 0.1) is 0 Å². The molecule has 2 rings (SSSR count). The van der Waals surface area contributed by atoms with Crippen molar-refractivity contribution < 1.29 is 9.59 Å². The molecule has 3 amide bonds. The molecule has 26 heavy (non-hydrogen) atoms. The Morgan fingerprint density at radius 1 is 0.923 bits per heavy atom. The van der Waals surface area contributed by atoms with Crippen molar-refractivity contribution in [1.82, 2.24) is 16.0 Å². The van der Waals surface area contributed by atoms with Crippen molar-refractivity contribution in [3.05, 3.63) is 70.2 Å². The number of benzene rings is 2.